The van der Waals surface area contributed by atoms with E-state index in [4.69, 9.17) is 4.52 Å². The van der Waals surface area contributed by atoms with Gasteiger partial charge in [0.05, 0.1) is 6.61 Å². The molecule has 4 heteroatoms. The van der Waals surface area contributed by atoms with Gasteiger partial charge in [0.2, 0.25) is 0 Å². The van der Waals surface area contributed by atoms with Gasteiger partial charge >= 0.3 is 0 Å². The second-order valence-corrected chi connectivity index (χ2v) is 6.67. The zero-order chi connectivity index (χ0) is 13.4. The van der Waals surface area contributed by atoms with Crippen molar-refractivity contribution in [3.05, 3.63) is 0 Å². The lowest BCUT2D eigenvalue weighted by atomic mass is 10.2. The first-order chi connectivity index (χ1) is 7.86. The minimum atomic E-state index is -0.506. The average Bonchev–Trinajstić information content (AvgIpc) is 2.15. The van der Waals surface area contributed by atoms with Gasteiger partial charge in [-0.2, -0.15) is 0 Å². The Bertz CT molecular complexity index is 212. The third-order valence-corrected chi connectivity index (χ3v) is 4.72. The van der Waals surface area contributed by atoms with Gasteiger partial charge < -0.3 is 9.32 Å². The zero-order valence-electron chi connectivity index (χ0n) is 12.2. The van der Waals surface area contributed by atoms with Crippen LogP contribution in [0.15, 0.2) is 0 Å². The van der Waals surface area contributed by atoms with Gasteiger partial charge in [0.1, 0.15) is 14.1 Å². The van der Waals surface area contributed by atoms with Crippen LogP contribution in [0.3, 0.4) is 0 Å². The average molecular weight is 277 g/mol. The standard InChI is InChI=1S/C13H28NO2P.CH4/c1-11(2)14(12(3)4)17(6)16-10-8-7-9-13(5)15;/h11-12H,7-10H2,1-6H3;1H4. The summed E-state index contributed by atoms with van der Waals surface area (Å²) in [5.41, 5.74) is 0. The second kappa shape index (κ2) is 10.9. The van der Waals surface area contributed by atoms with Crippen molar-refractivity contribution in [3.8, 4) is 0 Å². The van der Waals surface area contributed by atoms with E-state index in [0.29, 0.717) is 18.5 Å². The summed E-state index contributed by atoms with van der Waals surface area (Å²) in [5.74, 6) is 0.273. The Labute approximate surface area is 115 Å². The summed E-state index contributed by atoms with van der Waals surface area (Å²) in [5, 5.41) is 0. The fourth-order valence-electron chi connectivity index (χ4n) is 1.99. The van der Waals surface area contributed by atoms with E-state index in [1.54, 1.807) is 6.92 Å². The van der Waals surface area contributed by atoms with Crippen LogP contribution in [0, 0.1) is 0 Å². The van der Waals surface area contributed by atoms with Crippen molar-refractivity contribution >= 4 is 14.1 Å². The molecule has 0 aliphatic heterocycles. The molecule has 18 heavy (non-hydrogen) atoms. The Morgan fingerprint density at radius 1 is 1.17 bits per heavy atom. The van der Waals surface area contributed by atoms with Crippen LogP contribution in [-0.2, 0) is 9.32 Å². The van der Waals surface area contributed by atoms with Gasteiger partial charge in [0, 0.05) is 18.5 Å². The second-order valence-electron chi connectivity index (χ2n) is 5.02. The molecule has 0 saturated heterocycles. The third-order valence-electron chi connectivity index (χ3n) is 2.58. The highest BCUT2D eigenvalue weighted by Gasteiger charge is 2.20. The fourth-order valence-corrected chi connectivity index (χ4v) is 3.81. The predicted octanol–water partition coefficient (Wildman–Crippen LogP) is 4.46. The summed E-state index contributed by atoms with van der Waals surface area (Å²) < 4.78 is 8.30. The molecule has 0 aromatic heterocycles. The third kappa shape index (κ3) is 9.02. The number of hydrogen-bond donors (Lipinski definition) is 0. The Balaban J connectivity index is 0. The molecule has 0 amide bonds. The van der Waals surface area contributed by atoms with Crippen LogP contribution in [0.25, 0.3) is 0 Å². The van der Waals surface area contributed by atoms with Crippen LogP contribution in [0.4, 0.5) is 0 Å². The quantitative estimate of drug-likeness (QED) is 0.460. The minimum Gasteiger partial charge on any atom is -0.344 e. The Hall–Kier alpha value is 0.0200. The van der Waals surface area contributed by atoms with Crippen LogP contribution >= 0.6 is 8.30 Å². The molecule has 0 heterocycles. The van der Waals surface area contributed by atoms with Crippen molar-refractivity contribution in [2.75, 3.05) is 13.3 Å². The molecule has 0 spiro atoms. The number of nitrogens with zero attached hydrogens (tertiary/aromatic N) is 1. The lowest BCUT2D eigenvalue weighted by Crippen LogP contribution is -2.32. The molecular formula is C14H32NO2P. The highest BCUT2D eigenvalue weighted by atomic mass is 31.2. The van der Waals surface area contributed by atoms with E-state index < -0.39 is 8.30 Å². The van der Waals surface area contributed by atoms with E-state index in [1.165, 1.54) is 0 Å². The first kappa shape index (κ1) is 20.3. The van der Waals surface area contributed by atoms with Crippen molar-refractivity contribution < 1.29 is 9.32 Å². The number of unbranched alkanes of at least 4 members (excludes halogenated alkanes) is 1. The van der Waals surface area contributed by atoms with Gasteiger partial charge in [-0.3, -0.25) is 4.67 Å². The lowest BCUT2D eigenvalue weighted by molar-refractivity contribution is -0.117. The molecule has 0 aliphatic rings. The SMILES string of the molecule is C.CC(=O)CCCCOP(C)N(C(C)C)C(C)C. The zero-order valence-corrected chi connectivity index (χ0v) is 13.1. The summed E-state index contributed by atoms with van der Waals surface area (Å²) in [6.07, 6.45) is 2.61. The van der Waals surface area contributed by atoms with E-state index in [1.807, 2.05) is 0 Å². The van der Waals surface area contributed by atoms with E-state index in [9.17, 15) is 4.79 Å². The summed E-state index contributed by atoms with van der Waals surface area (Å²) in [6.45, 7) is 13.4. The van der Waals surface area contributed by atoms with Gasteiger partial charge in [0.15, 0.2) is 0 Å². The molecule has 0 N–H and O–H groups in total. The van der Waals surface area contributed by atoms with Crippen molar-refractivity contribution in [1.29, 1.82) is 0 Å². The summed E-state index contributed by atoms with van der Waals surface area (Å²) in [4.78, 5) is 10.8. The molecule has 0 fully saturated rings. The number of rotatable bonds is 9. The highest BCUT2D eigenvalue weighted by Crippen LogP contribution is 2.40. The van der Waals surface area contributed by atoms with Crippen LogP contribution in [-0.4, -0.2) is 35.8 Å². The maximum Gasteiger partial charge on any atom is 0.129 e. The summed E-state index contributed by atoms with van der Waals surface area (Å²) in [6, 6.07) is 1.03. The Kier molecular flexibility index (Phi) is 12.3. The first-order valence-corrected chi connectivity index (χ1v) is 8.16. The van der Waals surface area contributed by atoms with Crippen LogP contribution in [0.5, 0.6) is 0 Å². The number of ketones is 1. The van der Waals surface area contributed by atoms with Crippen molar-refractivity contribution in [3.63, 3.8) is 0 Å². The molecule has 0 saturated carbocycles. The fraction of sp³-hybridized carbons (Fsp3) is 0.929. The molecule has 0 rings (SSSR count). The van der Waals surface area contributed by atoms with Gasteiger partial charge in [-0.25, -0.2) is 0 Å². The van der Waals surface area contributed by atoms with Crippen LogP contribution in [0.1, 0.15) is 61.3 Å². The normalized spacial score (nSPS) is 12.9. The van der Waals surface area contributed by atoms with E-state index in [0.717, 1.165) is 19.4 Å². The smallest absolute Gasteiger partial charge is 0.129 e. The van der Waals surface area contributed by atoms with Crippen molar-refractivity contribution in [1.82, 2.24) is 4.67 Å². The molecule has 0 aliphatic carbocycles. The molecule has 0 aromatic rings. The molecular weight excluding hydrogens is 245 g/mol. The van der Waals surface area contributed by atoms with Gasteiger partial charge in [-0.15, -0.1) is 0 Å². The van der Waals surface area contributed by atoms with Gasteiger partial charge in [0.25, 0.3) is 0 Å². The topological polar surface area (TPSA) is 29.5 Å². The number of carbonyl (C=O) groups is 1. The minimum absolute atomic E-state index is 0. The van der Waals surface area contributed by atoms with E-state index >= 15 is 0 Å². The Morgan fingerprint density at radius 2 is 1.67 bits per heavy atom. The van der Waals surface area contributed by atoms with Crippen molar-refractivity contribution in [2.45, 2.75) is 73.4 Å². The molecule has 0 radical (unpaired) electrons. The van der Waals surface area contributed by atoms with Crippen LogP contribution in [0.2, 0.25) is 0 Å². The van der Waals surface area contributed by atoms with Crippen LogP contribution < -0.4 is 0 Å². The predicted molar refractivity (Wildman–Crippen MR) is 82.2 cm³/mol. The maximum absolute atomic E-state index is 10.8. The molecule has 1 atom stereocenters. The molecule has 1 unspecified atom stereocenters. The number of hydrogen-bond acceptors (Lipinski definition) is 3. The Morgan fingerprint density at radius 3 is 2.06 bits per heavy atom. The highest BCUT2D eigenvalue weighted by molar-refractivity contribution is 7.49. The summed E-state index contributed by atoms with van der Waals surface area (Å²) in [7, 11) is -0.506. The number of Topliss-reactive ketones (excluding diaryl/α,β-unsaturated/α-hetero) is 1. The lowest BCUT2D eigenvalue weighted by Gasteiger charge is -2.35. The van der Waals surface area contributed by atoms with Gasteiger partial charge in [-0.1, -0.05) is 7.43 Å². The monoisotopic (exact) mass is 277 g/mol. The largest absolute Gasteiger partial charge is 0.344 e. The molecule has 0 bridgehead atoms. The van der Waals surface area contributed by atoms with Gasteiger partial charge in [-0.05, 0) is 54.1 Å². The molecule has 3 nitrogen and oxygen atoms in total. The molecule has 110 valence electrons. The van der Waals surface area contributed by atoms with E-state index in [2.05, 4.69) is 39.0 Å². The molecule has 0 aromatic carbocycles. The van der Waals surface area contributed by atoms with E-state index in [-0.39, 0.29) is 13.2 Å². The summed E-state index contributed by atoms with van der Waals surface area (Å²) >= 11 is 0. The first-order valence-electron chi connectivity index (χ1n) is 6.50. The number of carbonyl (C=O) groups excluding carboxylic acids is 1. The van der Waals surface area contributed by atoms with Crippen molar-refractivity contribution in [2.24, 2.45) is 0 Å². The maximum atomic E-state index is 10.8.